The van der Waals surface area contributed by atoms with Crippen LogP contribution in [0.4, 0.5) is 0 Å². The fourth-order valence-corrected chi connectivity index (χ4v) is 3.89. The van der Waals surface area contributed by atoms with Crippen molar-refractivity contribution < 1.29 is 9.53 Å². The number of carbonyl (C=O) groups is 1. The van der Waals surface area contributed by atoms with E-state index in [1.807, 2.05) is 31.2 Å². The van der Waals surface area contributed by atoms with Crippen LogP contribution in [0.1, 0.15) is 24.8 Å². The Labute approximate surface area is 138 Å². The number of carbonyl (C=O) groups excluding carboxylic acids is 1. The van der Waals surface area contributed by atoms with Gasteiger partial charge in [0.2, 0.25) is 5.91 Å². The van der Waals surface area contributed by atoms with E-state index in [-0.39, 0.29) is 30.3 Å². The van der Waals surface area contributed by atoms with Crippen LogP contribution in [0.3, 0.4) is 0 Å². The number of fused-ring (bicyclic) bond motifs is 2. The van der Waals surface area contributed by atoms with Gasteiger partial charge in [-0.15, -0.1) is 12.4 Å². The average molecular weight is 325 g/mol. The van der Waals surface area contributed by atoms with Gasteiger partial charge in [0.25, 0.3) is 0 Å². The van der Waals surface area contributed by atoms with Gasteiger partial charge in [-0.25, -0.2) is 0 Å². The molecule has 0 heterocycles. The number of amides is 1. The van der Waals surface area contributed by atoms with E-state index >= 15 is 0 Å². The van der Waals surface area contributed by atoms with E-state index in [4.69, 9.17) is 10.5 Å². The molecule has 2 aliphatic carbocycles. The minimum atomic E-state index is 0. The van der Waals surface area contributed by atoms with Crippen molar-refractivity contribution in [3.8, 4) is 5.75 Å². The van der Waals surface area contributed by atoms with Gasteiger partial charge in [0.15, 0.2) is 0 Å². The molecule has 1 amide bonds. The van der Waals surface area contributed by atoms with E-state index in [9.17, 15) is 4.79 Å². The van der Waals surface area contributed by atoms with Crippen LogP contribution in [0, 0.1) is 24.7 Å². The highest BCUT2D eigenvalue weighted by Crippen LogP contribution is 2.47. The Morgan fingerprint density at radius 1 is 1.36 bits per heavy atom. The molecule has 4 unspecified atom stereocenters. The summed E-state index contributed by atoms with van der Waals surface area (Å²) < 4.78 is 5.64. The SMILES string of the molecule is Cc1cccc(OCCNC(=O)C2C3CCC(C3)C2N)c1.Cl. The van der Waals surface area contributed by atoms with E-state index in [1.165, 1.54) is 12.0 Å². The average Bonchev–Trinajstić information content (AvgIpc) is 3.04. The fraction of sp³-hybridized carbons (Fsp3) is 0.588. The quantitative estimate of drug-likeness (QED) is 0.817. The van der Waals surface area contributed by atoms with Crippen molar-refractivity contribution in [2.45, 2.75) is 32.2 Å². The Kier molecular flexibility index (Phi) is 5.70. The lowest BCUT2D eigenvalue weighted by Gasteiger charge is -2.27. The molecule has 122 valence electrons. The molecule has 5 heteroatoms. The van der Waals surface area contributed by atoms with Gasteiger partial charge < -0.3 is 15.8 Å². The van der Waals surface area contributed by atoms with Crippen molar-refractivity contribution >= 4 is 18.3 Å². The number of benzene rings is 1. The third kappa shape index (κ3) is 3.55. The number of rotatable bonds is 5. The van der Waals surface area contributed by atoms with Gasteiger partial charge in [-0.2, -0.15) is 0 Å². The second-order valence-electron chi connectivity index (χ2n) is 6.39. The molecule has 0 aliphatic heterocycles. The summed E-state index contributed by atoms with van der Waals surface area (Å²) >= 11 is 0. The lowest BCUT2D eigenvalue weighted by atomic mass is 9.84. The predicted octanol–water partition coefficient (Wildman–Crippen LogP) is 2.29. The molecule has 3 rings (SSSR count). The summed E-state index contributed by atoms with van der Waals surface area (Å²) in [6, 6.07) is 7.98. The summed E-state index contributed by atoms with van der Waals surface area (Å²) in [6.45, 7) is 3.06. The number of nitrogens with one attached hydrogen (secondary N) is 1. The Balaban J connectivity index is 0.00000176. The van der Waals surface area contributed by atoms with Gasteiger partial charge >= 0.3 is 0 Å². The molecule has 3 N–H and O–H groups in total. The summed E-state index contributed by atoms with van der Waals surface area (Å²) in [6.07, 6.45) is 3.50. The number of halogens is 1. The molecular weight excluding hydrogens is 300 g/mol. The van der Waals surface area contributed by atoms with Crippen LogP contribution in [0.5, 0.6) is 5.75 Å². The van der Waals surface area contributed by atoms with Crippen molar-refractivity contribution in [3.05, 3.63) is 29.8 Å². The minimum Gasteiger partial charge on any atom is -0.492 e. The van der Waals surface area contributed by atoms with Crippen LogP contribution in [0.2, 0.25) is 0 Å². The molecule has 2 saturated carbocycles. The van der Waals surface area contributed by atoms with Crippen molar-refractivity contribution in [2.24, 2.45) is 23.5 Å². The molecule has 1 aromatic rings. The summed E-state index contributed by atoms with van der Waals surface area (Å²) in [5, 5.41) is 2.98. The van der Waals surface area contributed by atoms with Gasteiger partial charge in [-0.05, 0) is 55.7 Å². The topological polar surface area (TPSA) is 64.3 Å². The normalized spacial score (nSPS) is 29.0. The summed E-state index contributed by atoms with van der Waals surface area (Å²) in [4.78, 5) is 12.3. The van der Waals surface area contributed by atoms with Gasteiger partial charge in [0.05, 0.1) is 12.5 Å². The maximum atomic E-state index is 12.3. The second kappa shape index (κ2) is 7.34. The zero-order chi connectivity index (χ0) is 14.8. The van der Waals surface area contributed by atoms with Crippen LogP contribution < -0.4 is 15.8 Å². The highest BCUT2D eigenvalue weighted by atomic mass is 35.5. The van der Waals surface area contributed by atoms with E-state index in [0.29, 0.717) is 25.0 Å². The minimum absolute atomic E-state index is 0. The lowest BCUT2D eigenvalue weighted by Crippen LogP contribution is -2.46. The molecule has 4 nitrogen and oxygen atoms in total. The molecule has 2 aliphatic rings. The smallest absolute Gasteiger partial charge is 0.225 e. The Bertz CT molecular complexity index is 521. The van der Waals surface area contributed by atoms with Gasteiger partial charge in [0, 0.05) is 6.04 Å². The molecule has 0 radical (unpaired) electrons. The van der Waals surface area contributed by atoms with Crippen molar-refractivity contribution in [2.75, 3.05) is 13.2 Å². The summed E-state index contributed by atoms with van der Waals surface area (Å²) in [5.41, 5.74) is 7.36. The monoisotopic (exact) mass is 324 g/mol. The van der Waals surface area contributed by atoms with Crippen LogP contribution in [-0.2, 0) is 4.79 Å². The number of hydrogen-bond acceptors (Lipinski definition) is 3. The third-order valence-corrected chi connectivity index (χ3v) is 4.94. The molecule has 0 spiro atoms. The summed E-state index contributed by atoms with van der Waals surface area (Å²) in [7, 11) is 0. The van der Waals surface area contributed by atoms with Gasteiger partial charge in [-0.1, -0.05) is 12.1 Å². The number of aryl methyl sites for hydroxylation is 1. The van der Waals surface area contributed by atoms with Crippen LogP contribution in [0.15, 0.2) is 24.3 Å². The van der Waals surface area contributed by atoms with Crippen LogP contribution in [-0.4, -0.2) is 25.1 Å². The van der Waals surface area contributed by atoms with Crippen molar-refractivity contribution in [3.63, 3.8) is 0 Å². The first-order valence-electron chi connectivity index (χ1n) is 7.88. The third-order valence-electron chi connectivity index (χ3n) is 4.94. The Morgan fingerprint density at radius 3 is 2.82 bits per heavy atom. The first-order chi connectivity index (χ1) is 10.1. The largest absolute Gasteiger partial charge is 0.492 e. The first kappa shape index (κ1) is 17.1. The van der Waals surface area contributed by atoms with E-state index in [2.05, 4.69) is 5.32 Å². The molecule has 0 saturated heterocycles. The highest BCUT2D eigenvalue weighted by molar-refractivity contribution is 5.85. The van der Waals surface area contributed by atoms with Gasteiger partial charge in [0.1, 0.15) is 12.4 Å². The molecule has 2 fully saturated rings. The zero-order valence-electron chi connectivity index (χ0n) is 13.0. The number of ether oxygens (including phenoxy) is 1. The zero-order valence-corrected chi connectivity index (χ0v) is 13.8. The number of nitrogens with two attached hydrogens (primary N) is 1. The Hall–Kier alpha value is -1.26. The van der Waals surface area contributed by atoms with E-state index in [1.54, 1.807) is 0 Å². The maximum absolute atomic E-state index is 12.3. The van der Waals surface area contributed by atoms with Crippen LogP contribution in [0.25, 0.3) is 0 Å². The lowest BCUT2D eigenvalue weighted by molar-refractivity contribution is -0.127. The molecule has 4 atom stereocenters. The van der Waals surface area contributed by atoms with Gasteiger partial charge in [-0.3, -0.25) is 4.79 Å². The molecular formula is C17H25ClN2O2. The maximum Gasteiger partial charge on any atom is 0.225 e. The van der Waals surface area contributed by atoms with Crippen LogP contribution >= 0.6 is 12.4 Å². The first-order valence-corrected chi connectivity index (χ1v) is 7.88. The molecule has 22 heavy (non-hydrogen) atoms. The Morgan fingerprint density at radius 2 is 2.14 bits per heavy atom. The molecule has 1 aromatic carbocycles. The second-order valence-corrected chi connectivity index (χ2v) is 6.39. The highest BCUT2D eigenvalue weighted by Gasteiger charge is 2.48. The molecule has 0 aromatic heterocycles. The molecule has 2 bridgehead atoms. The standard InChI is InChI=1S/C17H24N2O2.ClH/c1-11-3-2-4-14(9-11)21-8-7-19-17(20)15-12-5-6-13(10-12)16(15)18;/h2-4,9,12-13,15-16H,5-8,10,18H2,1H3,(H,19,20);1H. The van der Waals surface area contributed by atoms with Crippen molar-refractivity contribution in [1.82, 2.24) is 5.32 Å². The predicted molar refractivity (Wildman–Crippen MR) is 89.2 cm³/mol. The van der Waals surface area contributed by atoms with E-state index in [0.717, 1.165) is 18.6 Å². The fourth-order valence-electron chi connectivity index (χ4n) is 3.89. The van der Waals surface area contributed by atoms with E-state index < -0.39 is 0 Å². The van der Waals surface area contributed by atoms with Crippen molar-refractivity contribution in [1.29, 1.82) is 0 Å². The number of hydrogen-bond donors (Lipinski definition) is 2. The summed E-state index contributed by atoms with van der Waals surface area (Å²) in [5.74, 6) is 2.04.